The Hall–Kier alpha value is -2.15. The maximum atomic E-state index is 11.8. The Morgan fingerprint density at radius 1 is 1.32 bits per heavy atom. The summed E-state index contributed by atoms with van der Waals surface area (Å²) in [6, 6.07) is 6.14. The Morgan fingerprint density at radius 3 is 2.95 bits per heavy atom. The summed E-state index contributed by atoms with van der Waals surface area (Å²) < 4.78 is 9.32. The molecule has 1 fully saturated rings. The van der Waals surface area contributed by atoms with E-state index in [1.54, 1.807) is 4.90 Å². The first-order chi connectivity index (χ1) is 10.7. The molecule has 4 rings (SSSR count). The number of rotatable bonds is 2. The fourth-order valence-corrected chi connectivity index (χ4v) is 3.73. The second-order valence-corrected chi connectivity index (χ2v) is 6.21. The van der Waals surface area contributed by atoms with Gasteiger partial charge in [0, 0.05) is 24.6 Å². The van der Waals surface area contributed by atoms with Gasteiger partial charge in [-0.2, -0.15) is 4.37 Å². The predicted molar refractivity (Wildman–Crippen MR) is 84.5 cm³/mol. The lowest BCUT2D eigenvalue weighted by molar-refractivity contribution is 0.181. The molecule has 2 aromatic rings. The zero-order valence-corrected chi connectivity index (χ0v) is 13.1. The minimum absolute atomic E-state index is 0.240. The van der Waals surface area contributed by atoms with E-state index in [-0.39, 0.29) is 6.09 Å². The van der Waals surface area contributed by atoms with Gasteiger partial charge in [-0.15, -0.1) is 0 Å². The highest BCUT2D eigenvalue weighted by Gasteiger charge is 2.28. The molecule has 1 aromatic heterocycles. The normalized spacial score (nSPS) is 17.6. The van der Waals surface area contributed by atoms with E-state index in [1.165, 1.54) is 22.7 Å². The van der Waals surface area contributed by atoms with Gasteiger partial charge in [-0.3, -0.25) is 4.90 Å². The zero-order valence-electron chi connectivity index (χ0n) is 12.3. The van der Waals surface area contributed by atoms with E-state index in [2.05, 4.69) is 20.3 Å². The number of aryl methyl sites for hydroxylation is 1. The number of aromatic nitrogens is 2. The number of anilines is 2. The summed E-state index contributed by atoms with van der Waals surface area (Å²) in [4.78, 5) is 20.3. The number of ether oxygens (including phenoxy) is 1. The van der Waals surface area contributed by atoms with Gasteiger partial charge in [-0.25, -0.2) is 9.78 Å². The molecule has 1 saturated heterocycles. The number of carbonyl (C=O) groups is 1. The van der Waals surface area contributed by atoms with E-state index < -0.39 is 0 Å². The van der Waals surface area contributed by atoms with Gasteiger partial charge < -0.3 is 9.64 Å². The van der Waals surface area contributed by atoms with Crippen LogP contribution >= 0.6 is 11.5 Å². The lowest BCUT2D eigenvalue weighted by atomic mass is 9.97. The molecular formula is C15H16N4O2S. The quantitative estimate of drug-likeness (QED) is 0.851. The lowest BCUT2D eigenvalue weighted by Gasteiger charge is -2.30. The fourth-order valence-electron chi connectivity index (χ4n) is 3.03. The average molecular weight is 316 g/mol. The molecule has 0 radical (unpaired) electrons. The van der Waals surface area contributed by atoms with E-state index in [9.17, 15) is 4.79 Å². The van der Waals surface area contributed by atoms with Gasteiger partial charge in [-0.1, -0.05) is 12.1 Å². The van der Waals surface area contributed by atoms with Crippen molar-refractivity contribution >= 4 is 28.4 Å². The van der Waals surface area contributed by atoms with E-state index in [1.807, 2.05) is 19.1 Å². The smallest absolute Gasteiger partial charge is 0.414 e. The van der Waals surface area contributed by atoms with Crippen LogP contribution in [0.1, 0.15) is 17.0 Å². The van der Waals surface area contributed by atoms with E-state index in [4.69, 9.17) is 4.74 Å². The van der Waals surface area contributed by atoms with E-state index in [0.29, 0.717) is 13.2 Å². The topological polar surface area (TPSA) is 58.6 Å². The minimum Gasteiger partial charge on any atom is -0.447 e. The summed E-state index contributed by atoms with van der Waals surface area (Å²) in [5.41, 5.74) is 3.49. The Kier molecular flexibility index (Phi) is 3.22. The maximum absolute atomic E-state index is 11.8. The monoisotopic (exact) mass is 316 g/mol. The largest absolute Gasteiger partial charge is 0.447 e. The third-order valence-corrected chi connectivity index (χ3v) is 4.95. The molecule has 2 aliphatic rings. The first-order valence-corrected chi connectivity index (χ1v) is 8.10. The number of amides is 1. The molecule has 0 bridgehead atoms. The van der Waals surface area contributed by atoms with Crippen LogP contribution in [0.4, 0.5) is 15.6 Å². The van der Waals surface area contributed by atoms with Crippen LogP contribution in [0.25, 0.3) is 0 Å². The molecule has 1 aromatic carbocycles. The number of nitrogens with zero attached hydrogens (tertiary/aromatic N) is 4. The van der Waals surface area contributed by atoms with Crippen LogP contribution < -0.4 is 9.80 Å². The number of hydrogen-bond donors (Lipinski definition) is 0. The number of cyclic esters (lactones) is 1. The van der Waals surface area contributed by atoms with Crippen molar-refractivity contribution in [1.29, 1.82) is 0 Å². The third-order valence-electron chi connectivity index (χ3n) is 4.08. The van der Waals surface area contributed by atoms with Gasteiger partial charge >= 0.3 is 6.09 Å². The Labute approximate surface area is 132 Å². The van der Waals surface area contributed by atoms with Crippen molar-refractivity contribution in [3.05, 3.63) is 35.2 Å². The van der Waals surface area contributed by atoms with Gasteiger partial charge in [-0.05, 0) is 30.5 Å². The molecule has 0 aliphatic carbocycles. The van der Waals surface area contributed by atoms with Crippen LogP contribution in [-0.2, 0) is 17.7 Å². The lowest BCUT2D eigenvalue weighted by Crippen LogP contribution is -2.33. The summed E-state index contributed by atoms with van der Waals surface area (Å²) in [6.07, 6.45) is 0.657. The van der Waals surface area contributed by atoms with Crippen molar-refractivity contribution in [3.8, 4) is 0 Å². The summed E-state index contributed by atoms with van der Waals surface area (Å²) in [5.74, 6) is 0.819. The summed E-state index contributed by atoms with van der Waals surface area (Å²) in [5, 5.41) is 0.967. The molecule has 0 atom stereocenters. The maximum Gasteiger partial charge on any atom is 0.414 e. The van der Waals surface area contributed by atoms with Crippen LogP contribution in [-0.4, -0.2) is 35.1 Å². The van der Waals surface area contributed by atoms with Crippen molar-refractivity contribution in [2.75, 3.05) is 29.5 Å². The zero-order chi connectivity index (χ0) is 15.1. The Morgan fingerprint density at radius 2 is 2.23 bits per heavy atom. The molecule has 0 unspecified atom stereocenters. The van der Waals surface area contributed by atoms with Crippen molar-refractivity contribution in [2.24, 2.45) is 0 Å². The first kappa shape index (κ1) is 13.5. The second-order valence-electron chi connectivity index (χ2n) is 5.48. The summed E-state index contributed by atoms with van der Waals surface area (Å²) in [6.45, 7) is 4.71. The van der Waals surface area contributed by atoms with Gasteiger partial charge in [0.1, 0.15) is 12.4 Å². The molecule has 22 heavy (non-hydrogen) atoms. The van der Waals surface area contributed by atoms with Crippen molar-refractivity contribution in [3.63, 3.8) is 0 Å². The van der Waals surface area contributed by atoms with Crippen molar-refractivity contribution in [1.82, 2.24) is 9.36 Å². The number of fused-ring (bicyclic) bond motifs is 1. The molecule has 7 heteroatoms. The molecule has 114 valence electrons. The van der Waals surface area contributed by atoms with Crippen molar-refractivity contribution < 1.29 is 9.53 Å². The van der Waals surface area contributed by atoms with Crippen LogP contribution in [0.3, 0.4) is 0 Å². The Balaban J connectivity index is 1.65. The first-order valence-electron chi connectivity index (χ1n) is 7.33. The standard InChI is InChI=1S/C15H16N4O2S/c1-10-16-14(22-17-10)18-6-5-12-11(9-18)3-2-4-13(12)19-7-8-21-15(19)20/h2-4H,5-9H2,1H3. The molecular weight excluding hydrogens is 300 g/mol. The SMILES string of the molecule is Cc1nsc(N2CCc3c(cccc3N3CCOC3=O)C2)n1. The molecule has 2 aliphatic heterocycles. The highest BCUT2D eigenvalue weighted by molar-refractivity contribution is 7.09. The predicted octanol–water partition coefficient (Wildman–Crippen LogP) is 2.37. The van der Waals surface area contributed by atoms with Crippen LogP contribution in [0.5, 0.6) is 0 Å². The van der Waals surface area contributed by atoms with Gasteiger partial charge in [0.2, 0.25) is 5.13 Å². The minimum atomic E-state index is -0.240. The molecule has 3 heterocycles. The highest BCUT2D eigenvalue weighted by atomic mass is 32.1. The molecule has 1 amide bonds. The summed E-state index contributed by atoms with van der Waals surface area (Å²) >= 11 is 1.44. The van der Waals surface area contributed by atoms with Crippen LogP contribution in [0, 0.1) is 6.92 Å². The Bertz CT molecular complexity index is 730. The van der Waals surface area contributed by atoms with E-state index >= 15 is 0 Å². The fraction of sp³-hybridized carbons (Fsp3) is 0.400. The molecule has 6 nitrogen and oxygen atoms in total. The van der Waals surface area contributed by atoms with Gasteiger partial charge in [0.05, 0.1) is 12.2 Å². The average Bonchev–Trinajstić information content (AvgIpc) is 3.15. The van der Waals surface area contributed by atoms with E-state index in [0.717, 1.165) is 36.2 Å². The molecule has 0 saturated carbocycles. The summed E-state index contributed by atoms with van der Waals surface area (Å²) in [7, 11) is 0. The number of carbonyl (C=O) groups excluding carboxylic acids is 1. The van der Waals surface area contributed by atoms with Gasteiger partial charge in [0.15, 0.2) is 0 Å². The number of benzene rings is 1. The van der Waals surface area contributed by atoms with Crippen LogP contribution in [0.15, 0.2) is 18.2 Å². The van der Waals surface area contributed by atoms with Gasteiger partial charge in [0.25, 0.3) is 0 Å². The third kappa shape index (κ3) is 2.21. The van der Waals surface area contributed by atoms with Crippen LogP contribution in [0.2, 0.25) is 0 Å². The highest BCUT2D eigenvalue weighted by Crippen LogP contribution is 2.32. The van der Waals surface area contributed by atoms with Crippen molar-refractivity contribution in [2.45, 2.75) is 19.9 Å². The number of hydrogen-bond acceptors (Lipinski definition) is 6. The molecule has 0 N–H and O–H groups in total. The molecule has 0 spiro atoms. The second kappa shape index (κ2) is 5.24.